The van der Waals surface area contributed by atoms with E-state index in [1.54, 1.807) is 36.3 Å². The van der Waals surface area contributed by atoms with Crippen LogP contribution >= 0.6 is 11.6 Å². The molecule has 1 saturated carbocycles. The van der Waals surface area contributed by atoms with Gasteiger partial charge in [0.1, 0.15) is 0 Å². The zero-order valence-electron chi connectivity index (χ0n) is 16.6. The minimum absolute atomic E-state index is 0.0914. The van der Waals surface area contributed by atoms with Crippen LogP contribution in [0, 0.1) is 6.92 Å². The van der Waals surface area contributed by atoms with Gasteiger partial charge in [-0.3, -0.25) is 9.59 Å². The first-order valence-corrected chi connectivity index (χ1v) is 9.97. The molecule has 29 heavy (non-hydrogen) atoms. The Labute approximate surface area is 175 Å². The van der Waals surface area contributed by atoms with Crippen LogP contribution < -0.4 is 14.8 Å². The number of ether oxygens (including phenoxy) is 2. The Balaban J connectivity index is 1.54. The summed E-state index contributed by atoms with van der Waals surface area (Å²) >= 11 is 6.10. The number of nitrogens with zero attached hydrogens (tertiary/aromatic N) is 1. The summed E-state index contributed by atoms with van der Waals surface area (Å²) in [5, 5.41) is 3.47. The number of nitrogens with one attached hydrogen (secondary N) is 1. The molecule has 3 rings (SSSR count). The molecule has 0 radical (unpaired) electrons. The fraction of sp³-hybridized carbons (Fsp3) is 0.364. The Bertz CT molecular complexity index is 883. The highest BCUT2D eigenvalue weighted by Gasteiger charge is 2.32. The summed E-state index contributed by atoms with van der Waals surface area (Å²) in [7, 11) is 1.56. The van der Waals surface area contributed by atoms with Crippen molar-refractivity contribution in [3.05, 3.63) is 53.1 Å². The van der Waals surface area contributed by atoms with E-state index in [0.717, 1.165) is 18.4 Å². The zero-order chi connectivity index (χ0) is 20.8. The van der Waals surface area contributed by atoms with Crippen LogP contribution in [0.2, 0.25) is 5.02 Å². The number of carbonyl (C=O) groups excluding carboxylic acids is 2. The van der Waals surface area contributed by atoms with Crippen molar-refractivity contribution in [2.24, 2.45) is 0 Å². The number of hydrogen-bond donors (Lipinski definition) is 1. The van der Waals surface area contributed by atoms with E-state index in [4.69, 9.17) is 21.1 Å². The Morgan fingerprint density at radius 3 is 2.55 bits per heavy atom. The van der Waals surface area contributed by atoms with Crippen molar-refractivity contribution in [2.75, 3.05) is 25.6 Å². The quantitative estimate of drug-likeness (QED) is 0.669. The van der Waals surface area contributed by atoms with Crippen LogP contribution in [-0.4, -0.2) is 43.0 Å². The number of hydrogen-bond acceptors (Lipinski definition) is 4. The molecule has 1 N–H and O–H groups in total. The van der Waals surface area contributed by atoms with Gasteiger partial charge in [-0.05, 0) is 49.6 Å². The third kappa shape index (κ3) is 5.64. The highest BCUT2D eigenvalue weighted by molar-refractivity contribution is 6.31. The van der Waals surface area contributed by atoms with E-state index in [0.29, 0.717) is 28.8 Å². The average Bonchev–Trinajstić information content (AvgIpc) is 3.55. The first-order valence-electron chi connectivity index (χ1n) is 9.60. The topological polar surface area (TPSA) is 67.9 Å². The van der Waals surface area contributed by atoms with Crippen molar-refractivity contribution in [3.63, 3.8) is 0 Å². The number of anilines is 1. The maximum absolute atomic E-state index is 12.7. The number of halogens is 1. The van der Waals surface area contributed by atoms with Gasteiger partial charge in [0, 0.05) is 29.7 Å². The van der Waals surface area contributed by atoms with Gasteiger partial charge >= 0.3 is 0 Å². The van der Waals surface area contributed by atoms with E-state index in [2.05, 4.69) is 5.32 Å². The minimum Gasteiger partial charge on any atom is -0.493 e. The van der Waals surface area contributed by atoms with Crippen molar-refractivity contribution in [3.8, 4) is 11.5 Å². The normalized spacial score (nSPS) is 12.9. The van der Waals surface area contributed by atoms with Gasteiger partial charge in [-0.15, -0.1) is 0 Å². The largest absolute Gasteiger partial charge is 0.493 e. The van der Waals surface area contributed by atoms with Gasteiger partial charge in [0.05, 0.1) is 7.11 Å². The number of rotatable bonds is 9. The van der Waals surface area contributed by atoms with Crippen molar-refractivity contribution < 1.29 is 19.1 Å². The molecule has 1 aliphatic rings. The van der Waals surface area contributed by atoms with Crippen molar-refractivity contribution in [1.82, 2.24) is 4.90 Å². The van der Waals surface area contributed by atoms with E-state index in [9.17, 15) is 9.59 Å². The van der Waals surface area contributed by atoms with Crippen LogP contribution in [0.15, 0.2) is 42.5 Å². The molecule has 1 fully saturated rings. The van der Waals surface area contributed by atoms with E-state index in [-0.39, 0.29) is 30.9 Å². The number of benzene rings is 2. The molecule has 0 aromatic heterocycles. The molecule has 0 saturated heterocycles. The molecule has 2 amide bonds. The standard InChI is InChI=1S/C22H25ClN2O4/c1-15-17(23)6-5-7-18(15)24-21(26)12-13-25(16-10-11-16)22(27)14-29-20-9-4-3-8-19(20)28-2/h3-9,16H,10-14H2,1-2H3,(H,24,26). The second-order valence-corrected chi connectivity index (χ2v) is 7.38. The highest BCUT2D eigenvalue weighted by Crippen LogP contribution is 2.29. The first kappa shape index (κ1) is 21.0. The molecule has 0 aliphatic heterocycles. The molecule has 154 valence electrons. The summed E-state index contributed by atoms with van der Waals surface area (Å²) in [6, 6.07) is 12.8. The SMILES string of the molecule is COc1ccccc1OCC(=O)N(CCC(=O)Nc1cccc(Cl)c1C)C1CC1. The highest BCUT2D eigenvalue weighted by atomic mass is 35.5. The lowest BCUT2D eigenvalue weighted by Crippen LogP contribution is -2.38. The van der Waals surface area contributed by atoms with E-state index >= 15 is 0 Å². The van der Waals surface area contributed by atoms with Gasteiger partial charge in [-0.2, -0.15) is 0 Å². The molecule has 2 aromatic carbocycles. The summed E-state index contributed by atoms with van der Waals surface area (Å²) in [6.45, 7) is 2.11. The molecule has 0 spiro atoms. The van der Waals surface area contributed by atoms with Gasteiger partial charge in [0.2, 0.25) is 5.91 Å². The lowest BCUT2D eigenvalue weighted by molar-refractivity contribution is -0.134. The van der Waals surface area contributed by atoms with Crippen LogP contribution in [0.3, 0.4) is 0 Å². The van der Waals surface area contributed by atoms with Crippen LogP contribution in [-0.2, 0) is 9.59 Å². The fourth-order valence-electron chi connectivity index (χ4n) is 3.04. The number of para-hydroxylation sites is 2. The van der Waals surface area contributed by atoms with Gasteiger partial charge in [-0.1, -0.05) is 29.8 Å². The van der Waals surface area contributed by atoms with Gasteiger partial charge in [0.25, 0.3) is 5.91 Å². The van der Waals surface area contributed by atoms with Crippen LogP contribution in [0.5, 0.6) is 11.5 Å². The number of carbonyl (C=O) groups is 2. The third-order valence-corrected chi connectivity index (χ3v) is 5.26. The Kier molecular flexibility index (Phi) is 6.99. The van der Waals surface area contributed by atoms with Crippen molar-refractivity contribution >= 4 is 29.1 Å². The van der Waals surface area contributed by atoms with Gasteiger partial charge in [0.15, 0.2) is 18.1 Å². The predicted molar refractivity (Wildman–Crippen MR) is 113 cm³/mol. The Morgan fingerprint density at radius 2 is 1.86 bits per heavy atom. The summed E-state index contributed by atoms with van der Waals surface area (Å²) in [5.74, 6) is 0.812. The Hall–Kier alpha value is -2.73. The van der Waals surface area contributed by atoms with Crippen LogP contribution in [0.4, 0.5) is 5.69 Å². The lowest BCUT2D eigenvalue weighted by Gasteiger charge is -2.22. The zero-order valence-corrected chi connectivity index (χ0v) is 17.4. The van der Waals surface area contributed by atoms with E-state index in [1.165, 1.54) is 0 Å². The maximum atomic E-state index is 12.7. The second-order valence-electron chi connectivity index (χ2n) is 6.97. The fourth-order valence-corrected chi connectivity index (χ4v) is 3.21. The average molecular weight is 417 g/mol. The van der Waals surface area contributed by atoms with Gasteiger partial charge in [-0.25, -0.2) is 0 Å². The summed E-state index contributed by atoms with van der Waals surface area (Å²) in [5.41, 5.74) is 1.51. The molecule has 7 heteroatoms. The molecule has 6 nitrogen and oxygen atoms in total. The molecule has 0 bridgehead atoms. The first-order chi connectivity index (χ1) is 14.0. The molecule has 0 heterocycles. The monoisotopic (exact) mass is 416 g/mol. The molecule has 0 unspecified atom stereocenters. The minimum atomic E-state index is -0.153. The Morgan fingerprint density at radius 1 is 1.14 bits per heavy atom. The lowest BCUT2D eigenvalue weighted by atomic mass is 10.2. The van der Waals surface area contributed by atoms with E-state index in [1.807, 2.05) is 25.1 Å². The molecule has 0 atom stereocenters. The van der Waals surface area contributed by atoms with Crippen molar-refractivity contribution in [2.45, 2.75) is 32.2 Å². The number of amides is 2. The number of methoxy groups -OCH3 is 1. The van der Waals surface area contributed by atoms with Crippen LogP contribution in [0.25, 0.3) is 0 Å². The molecule has 1 aliphatic carbocycles. The van der Waals surface area contributed by atoms with Crippen molar-refractivity contribution in [1.29, 1.82) is 0 Å². The molecule has 2 aromatic rings. The van der Waals surface area contributed by atoms with Gasteiger partial charge < -0.3 is 19.7 Å². The third-order valence-electron chi connectivity index (χ3n) is 4.85. The summed E-state index contributed by atoms with van der Waals surface area (Å²) in [4.78, 5) is 26.8. The second kappa shape index (κ2) is 9.65. The summed E-state index contributed by atoms with van der Waals surface area (Å²) < 4.78 is 10.9. The van der Waals surface area contributed by atoms with Crippen LogP contribution in [0.1, 0.15) is 24.8 Å². The molecular weight excluding hydrogens is 392 g/mol. The smallest absolute Gasteiger partial charge is 0.260 e. The van der Waals surface area contributed by atoms with E-state index < -0.39 is 0 Å². The predicted octanol–water partition coefficient (Wildman–Crippen LogP) is 4.06. The summed E-state index contributed by atoms with van der Waals surface area (Å²) in [6.07, 6.45) is 2.12. The molecular formula is C22H25ClN2O4. The maximum Gasteiger partial charge on any atom is 0.260 e.